The Morgan fingerprint density at radius 2 is 1.67 bits per heavy atom. The van der Waals surface area contributed by atoms with E-state index in [1.807, 2.05) is 18.2 Å². The lowest BCUT2D eigenvalue weighted by molar-refractivity contribution is 0.0729. The van der Waals surface area contributed by atoms with Gasteiger partial charge in [0, 0.05) is 52.0 Å². The Morgan fingerprint density at radius 3 is 2.30 bits per heavy atom. The molecule has 0 fully saturated rings. The Morgan fingerprint density at radius 1 is 0.967 bits per heavy atom. The molecule has 2 heterocycles. The maximum absolute atomic E-state index is 13.4. The zero-order valence-corrected chi connectivity index (χ0v) is 18.1. The average molecular weight is 445 g/mol. The van der Waals surface area contributed by atoms with Gasteiger partial charge in [-0.2, -0.15) is 0 Å². The number of nitrogens with zero attached hydrogens (tertiary/aromatic N) is 4. The molecule has 30 heavy (non-hydrogen) atoms. The summed E-state index contributed by atoms with van der Waals surface area (Å²) in [6.07, 6.45) is 6.64. The Bertz CT molecular complexity index is 1080. The first-order valence-corrected chi connectivity index (χ1v) is 10.9. The summed E-state index contributed by atoms with van der Waals surface area (Å²) in [4.78, 5) is 23.1. The van der Waals surface area contributed by atoms with Gasteiger partial charge in [0.15, 0.2) is 0 Å². The van der Waals surface area contributed by atoms with Gasteiger partial charge in [-0.3, -0.25) is 14.8 Å². The average Bonchev–Trinajstić information content (AvgIpc) is 2.74. The molecule has 0 bridgehead atoms. The number of halogens is 1. The van der Waals surface area contributed by atoms with Crippen molar-refractivity contribution in [2.45, 2.75) is 18.0 Å². The van der Waals surface area contributed by atoms with Crippen LogP contribution in [0.5, 0.6) is 0 Å². The van der Waals surface area contributed by atoms with Gasteiger partial charge in [0.05, 0.1) is 15.5 Å². The van der Waals surface area contributed by atoms with Gasteiger partial charge in [0.2, 0.25) is 10.0 Å². The molecule has 0 atom stereocenters. The summed E-state index contributed by atoms with van der Waals surface area (Å²) < 4.78 is 26.1. The second-order valence-corrected chi connectivity index (χ2v) is 9.37. The number of hydrogen-bond acceptors (Lipinski definition) is 5. The van der Waals surface area contributed by atoms with Gasteiger partial charge in [0.1, 0.15) is 0 Å². The molecule has 0 aliphatic rings. The predicted octanol–water partition coefficient (Wildman–Crippen LogP) is 3.22. The van der Waals surface area contributed by atoms with Crippen LogP contribution >= 0.6 is 11.6 Å². The van der Waals surface area contributed by atoms with Crippen LogP contribution in [0.15, 0.2) is 72.1 Å². The molecule has 1 amide bonds. The Balaban J connectivity index is 2.00. The van der Waals surface area contributed by atoms with Crippen LogP contribution in [0.3, 0.4) is 0 Å². The van der Waals surface area contributed by atoms with Gasteiger partial charge in [0.25, 0.3) is 5.91 Å². The van der Waals surface area contributed by atoms with E-state index in [0.717, 1.165) is 15.4 Å². The van der Waals surface area contributed by atoms with Crippen LogP contribution in [-0.2, 0) is 23.1 Å². The lowest BCUT2D eigenvalue weighted by Crippen LogP contribution is -2.31. The van der Waals surface area contributed by atoms with Crippen molar-refractivity contribution in [3.05, 3.63) is 89.0 Å². The van der Waals surface area contributed by atoms with Crippen LogP contribution in [0.4, 0.5) is 0 Å². The summed E-state index contributed by atoms with van der Waals surface area (Å²) in [6.45, 7) is 0.590. The molecule has 2 aromatic heterocycles. The quantitative estimate of drug-likeness (QED) is 0.558. The minimum Gasteiger partial charge on any atom is -0.330 e. The van der Waals surface area contributed by atoms with Crippen LogP contribution < -0.4 is 0 Å². The summed E-state index contributed by atoms with van der Waals surface area (Å²) in [7, 11) is -0.839. The maximum Gasteiger partial charge on any atom is 0.256 e. The minimum atomic E-state index is -3.71. The molecule has 0 aliphatic heterocycles. The standard InChI is InChI=1S/C21H21ClN4O3S/c1-25(2)30(28,29)18-5-6-20(22)19(12-18)21(27)26(14-16-7-10-23-11-8-16)15-17-4-3-9-24-13-17/h3-13H,14-15H2,1-2H3. The summed E-state index contributed by atoms with van der Waals surface area (Å²) >= 11 is 6.29. The monoisotopic (exact) mass is 444 g/mol. The second-order valence-electron chi connectivity index (χ2n) is 6.81. The third-order valence-electron chi connectivity index (χ3n) is 4.45. The van der Waals surface area contributed by atoms with Crippen molar-refractivity contribution in [3.8, 4) is 0 Å². The summed E-state index contributed by atoms with van der Waals surface area (Å²) in [6, 6.07) is 11.4. The predicted molar refractivity (Wildman–Crippen MR) is 114 cm³/mol. The van der Waals surface area contributed by atoms with E-state index in [4.69, 9.17) is 11.6 Å². The van der Waals surface area contributed by atoms with E-state index in [0.29, 0.717) is 6.54 Å². The van der Waals surface area contributed by atoms with E-state index in [1.165, 1.54) is 32.3 Å². The van der Waals surface area contributed by atoms with Crippen molar-refractivity contribution in [2.24, 2.45) is 0 Å². The number of carbonyl (C=O) groups is 1. The fraction of sp³-hybridized carbons (Fsp3) is 0.190. The molecule has 7 nitrogen and oxygen atoms in total. The molecule has 3 aromatic rings. The normalized spacial score (nSPS) is 11.5. The highest BCUT2D eigenvalue weighted by molar-refractivity contribution is 7.89. The highest BCUT2D eigenvalue weighted by atomic mass is 35.5. The molecule has 0 saturated carbocycles. The fourth-order valence-corrected chi connectivity index (χ4v) is 3.96. The molecule has 0 N–H and O–H groups in total. The summed E-state index contributed by atoms with van der Waals surface area (Å²) in [5, 5.41) is 0.184. The molecular weight excluding hydrogens is 424 g/mol. The zero-order valence-electron chi connectivity index (χ0n) is 16.6. The van der Waals surface area contributed by atoms with Gasteiger partial charge in [-0.25, -0.2) is 12.7 Å². The first-order valence-electron chi connectivity index (χ1n) is 9.08. The van der Waals surface area contributed by atoms with Gasteiger partial charge in [-0.05, 0) is 47.5 Å². The molecule has 0 unspecified atom stereocenters. The molecule has 0 radical (unpaired) electrons. The smallest absolute Gasteiger partial charge is 0.256 e. The Kier molecular flexibility index (Phi) is 6.81. The molecule has 1 aromatic carbocycles. The number of amides is 1. The number of hydrogen-bond donors (Lipinski definition) is 0. The van der Waals surface area contributed by atoms with Crippen molar-refractivity contribution in [1.29, 1.82) is 0 Å². The number of sulfonamides is 1. The van der Waals surface area contributed by atoms with E-state index in [2.05, 4.69) is 9.97 Å². The molecule has 0 aliphatic carbocycles. The number of carbonyl (C=O) groups excluding carboxylic acids is 1. The van der Waals surface area contributed by atoms with Gasteiger partial charge in [-0.15, -0.1) is 0 Å². The summed E-state index contributed by atoms with van der Waals surface area (Å²) in [5.74, 6) is -0.378. The van der Waals surface area contributed by atoms with Crippen LogP contribution in [0, 0.1) is 0 Å². The third kappa shape index (κ3) is 5.02. The third-order valence-corrected chi connectivity index (χ3v) is 6.59. The number of rotatable bonds is 7. The Labute approximate surface area is 181 Å². The number of benzene rings is 1. The molecular formula is C21H21ClN4O3S. The molecule has 0 spiro atoms. The highest BCUT2D eigenvalue weighted by Crippen LogP contribution is 2.25. The lowest BCUT2D eigenvalue weighted by Gasteiger charge is -2.24. The SMILES string of the molecule is CN(C)S(=O)(=O)c1ccc(Cl)c(C(=O)N(Cc2ccncc2)Cc2cccnc2)c1. The van der Waals surface area contributed by atoms with Crippen molar-refractivity contribution in [2.75, 3.05) is 14.1 Å². The van der Waals surface area contributed by atoms with E-state index < -0.39 is 10.0 Å². The van der Waals surface area contributed by atoms with Crippen molar-refractivity contribution in [3.63, 3.8) is 0 Å². The fourth-order valence-electron chi connectivity index (χ4n) is 2.83. The largest absolute Gasteiger partial charge is 0.330 e. The van der Waals surface area contributed by atoms with Crippen molar-refractivity contribution >= 4 is 27.5 Å². The highest BCUT2D eigenvalue weighted by Gasteiger charge is 2.24. The number of aromatic nitrogens is 2. The topological polar surface area (TPSA) is 83.5 Å². The first-order chi connectivity index (χ1) is 14.3. The van der Waals surface area contributed by atoms with Crippen molar-refractivity contribution in [1.82, 2.24) is 19.2 Å². The van der Waals surface area contributed by atoms with Crippen LogP contribution in [0.1, 0.15) is 21.5 Å². The lowest BCUT2D eigenvalue weighted by atomic mass is 10.1. The van der Waals surface area contributed by atoms with Gasteiger partial charge < -0.3 is 4.90 Å². The molecule has 9 heteroatoms. The second kappa shape index (κ2) is 9.34. The maximum atomic E-state index is 13.4. The van der Waals surface area contributed by atoms with Crippen LogP contribution in [0.25, 0.3) is 0 Å². The molecule has 3 rings (SSSR count). The van der Waals surface area contributed by atoms with Gasteiger partial charge >= 0.3 is 0 Å². The van der Waals surface area contributed by atoms with Crippen molar-refractivity contribution < 1.29 is 13.2 Å². The minimum absolute atomic E-state index is 0.00508. The Hall–Kier alpha value is -2.81. The van der Waals surface area contributed by atoms with E-state index in [1.54, 1.807) is 35.8 Å². The van der Waals surface area contributed by atoms with Crippen LogP contribution in [-0.4, -0.2) is 47.6 Å². The molecule has 0 saturated heterocycles. The summed E-state index contributed by atoms with van der Waals surface area (Å²) in [5.41, 5.74) is 1.85. The van der Waals surface area contributed by atoms with E-state index >= 15 is 0 Å². The first kappa shape index (κ1) is 21.9. The van der Waals surface area contributed by atoms with Crippen LogP contribution in [0.2, 0.25) is 5.02 Å². The van der Waals surface area contributed by atoms with E-state index in [9.17, 15) is 13.2 Å². The number of pyridine rings is 2. The van der Waals surface area contributed by atoms with E-state index in [-0.39, 0.29) is 27.9 Å². The molecule has 156 valence electrons. The zero-order chi connectivity index (χ0) is 21.7. The van der Waals surface area contributed by atoms with Gasteiger partial charge in [-0.1, -0.05) is 17.7 Å².